The molecule has 1 N–H and O–H groups in total. The van der Waals surface area contributed by atoms with Crippen molar-refractivity contribution in [1.82, 2.24) is 9.80 Å². The van der Waals surface area contributed by atoms with E-state index >= 15 is 0 Å². The summed E-state index contributed by atoms with van der Waals surface area (Å²) in [5.41, 5.74) is 0.690. The molecule has 0 fully saturated rings. The Hall–Kier alpha value is -2.11. The van der Waals surface area contributed by atoms with Crippen LogP contribution in [0.15, 0.2) is 24.3 Å². The molecule has 0 aliphatic rings. The van der Waals surface area contributed by atoms with Crippen molar-refractivity contribution < 1.29 is 19.1 Å². The van der Waals surface area contributed by atoms with Crippen LogP contribution in [0.1, 0.15) is 18.9 Å². The van der Waals surface area contributed by atoms with Crippen LogP contribution in [0.2, 0.25) is 0 Å². The Morgan fingerprint density at radius 3 is 2.60 bits per heavy atom. The highest BCUT2D eigenvalue weighted by Gasteiger charge is 2.17. The Balaban J connectivity index is 2.62. The fourth-order valence-electron chi connectivity index (χ4n) is 1.84. The van der Waals surface area contributed by atoms with Gasteiger partial charge in [-0.15, -0.1) is 0 Å². The third kappa shape index (κ3) is 4.87. The molecule has 1 aromatic rings. The van der Waals surface area contributed by atoms with E-state index in [1.165, 1.54) is 21.9 Å². The maximum Gasteiger partial charge on any atom is 0.320 e. The number of carboxylic acids is 1. The molecule has 1 rings (SSSR count). The minimum Gasteiger partial charge on any atom is -0.481 e. The molecular formula is C14H19FN2O3. The van der Waals surface area contributed by atoms with Crippen molar-refractivity contribution in [2.24, 2.45) is 0 Å². The summed E-state index contributed by atoms with van der Waals surface area (Å²) in [5, 5.41) is 8.65. The fraction of sp³-hybridized carbons (Fsp3) is 0.429. The molecule has 0 spiro atoms. The van der Waals surface area contributed by atoms with Crippen molar-refractivity contribution >= 4 is 12.0 Å². The number of halogens is 1. The number of urea groups is 1. The predicted molar refractivity (Wildman–Crippen MR) is 72.8 cm³/mol. The number of carboxylic acid groups (broad SMARTS) is 1. The average molecular weight is 282 g/mol. The smallest absolute Gasteiger partial charge is 0.320 e. The van der Waals surface area contributed by atoms with Crippen LogP contribution < -0.4 is 0 Å². The molecule has 0 saturated carbocycles. The third-order valence-electron chi connectivity index (χ3n) is 2.88. The quantitative estimate of drug-likeness (QED) is 0.870. The van der Waals surface area contributed by atoms with Crippen LogP contribution in [0.3, 0.4) is 0 Å². The lowest BCUT2D eigenvalue weighted by Crippen LogP contribution is -2.41. The lowest BCUT2D eigenvalue weighted by molar-refractivity contribution is -0.137. The summed E-state index contributed by atoms with van der Waals surface area (Å²) < 4.78 is 13.1. The van der Waals surface area contributed by atoms with Gasteiger partial charge in [-0.1, -0.05) is 12.1 Å². The number of carbonyl (C=O) groups excluding carboxylic acids is 1. The van der Waals surface area contributed by atoms with Crippen molar-refractivity contribution in [3.8, 4) is 0 Å². The van der Waals surface area contributed by atoms with Gasteiger partial charge in [-0.05, 0) is 24.6 Å². The van der Waals surface area contributed by atoms with Gasteiger partial charge < -0.3 is 14.9 Å². The zero-order chi connectivity index (χ0) is 15.1. The Morgan fingerprint density at radius 2 is 2.05 bits per heavy atom. The summed E-state index contributed by atoms with van der Waals surface area (Å²) in [5.74, 6) is -1.29. The molecule has 20 heavy (non-hydrogen) atoms. The van der Waals surface area contributed by atoms with Crippen molar-refractivity contribution in [3.05, 3.63) is 35.6 Å². The van der Waals surface area contributed by atoms with Crippen molar-refractivity contribution in [2.75, 3.05) is 20.1 Å². The van der Waals surface area contributed by atoms with Crippen LogP contribution in [-0.2, 0) is 11.3 Å². The summed E-state index contributed by atoms with van der Waals surface area (Å²) in [6, 6.07) is 5.78. The summed E-state index contributed by atoms with van der Waals surface area (Å²) >= 11 is 0. The second kappa shape index (κ2) is 7.47. The Bertz CT molecular complexity index is 479. The molecule has 5 nitrogen and oxygen atoms in total. The minimum absolute atomic E-state index is 0.0899. The van der Waals surface area contributed by atoms with Gasteiger partial charge in [0.15, 0.2) is 0 Å². The number of hydrogen-bond acceptors (Lipinski definition) is 2. The molecule has 0 saturated heterocycles. The van der Waals surface area contributed by atoms with E-state index in [0.29, 0.717) is 12.1 Å². The summed E-state index contributed by atoms with van der Waals surface area (Å²) in [7, 11) is 1.61. The van der Waals surface area contributed by atoms with Gasteiger partial charge in [0.25, 0.3) is 0 Å². The van der Waals surface area contributed by atoms with Gasteiger partial charge in [0.2, 0.25) is 0 Å². The van der Waals surface area contributed by atoms with Crippen LogP contribution in [0, 0.1) is 5.82 Å². The molecule has 0 aliphatic carbocycles. The van der Waals surface area contributed by atoms with E-state index in [9.17, 15) is 14.0 Å². The predicted octanol–water partition coefficient (Wildman–Crippen LogP) is 2.17. The minimum atomic E-state index is -0.941. The monoisotopic (exact) mass is 282 g/mol. The number of nitrogens with zero attached hydrogens (tertiary/aromatic N) is 2. The number of benzene rings is 1. The van der Waals surface area contributed by atoms with E-state index in [2.05, 4.69) is 0 Å². The maximum atomic E-state index is 13.1. The average Bonchev–Trinajstić information content (AvgIpc) is 2.38. The van der Waals surface area contributed by atoms with Gasteiger partial charge in [0.1, 0.15) is 5.82 Å². The standard InChI is InChI=1S/C14H19FN2O3/c1-3-17(8-7-13(18)19)14(20)16(2)10-11-5-4-6-12(15)9-11/h4-6,9H,3,7-8,10H2,1-2H3,(H,18,19). The molecule has 0 aliphatic heterocycles. The Kier molecular flexibility index (Phi) is 5.96. The summed E-state index contributed by atoms with van der Waals surface area (Å²) in [4.78, 5) is 25.6. The Labute approximate surface area is 117 Å². The highest BCUT2D eigenvalue weighted by atomic mass is 19.1. The number of aliphatic carboxylic acids is 1. The van der Waals surface area contributed by atoms with Crippen molar-refractivity contribution in [2.45, 2.75) is 19.9 Å². The van der Waals surface area contributed by atoms with E-state index in [1.807, 2.05) is 0 Å². The van der Waals surface area contributed by atoms with E-state index in [0.717, 1.165) is 0 Å². The van der Waals surface area contributed by atoms with E-state index < -0.39 is 5.97 Å². The number of amides is 2. The second-order valence-corrected chi connectivity index (χ2v) is 4.49. The van der Waals surface area contributed by atoms with E-state index in [-0.39, 0.29) is 31.4 Å². The van der Waals surface area contributed by atoms with Gasteiger partial charge in [-0.25, -0.2) is 9.18 Å². The molecular weight excluding hydrogens is 263 g/mol. The zero-order valence-electron chi connectivity index (χ0n) is 11.7. The first-order valence-corrected chi connectivity index (χ1v) is 6.40. The van der Waals surface area contributed by atoms with Crippen molar-refractivity contribution in [3.63, 3.8) is 0 Å². The van der Waals surface area contributed by atoms with Gasteiger partial charge >= 0.3 is 12.0 Å². The highest BCUT2D eigenvalue weighted by molar-refractivity contribution is 5.75. The van der Waals surface area contributed by atoms with E-state index in [1.54, 1.807) is 26.1 Å². The molecule has 0 aromatic heterocycles. The molecule has 0 radical (unpaired) electrons. The Morgan fingerprint density at radius 1 is 1.35 bits per heavy atom. The van der Waals surface area contributed by atoms with Crippen LogP contribution in [0.4, 0.5) is 9.18 Å². The van der Waals surface area contributed by atoms with E-state index in [4.69, 9.17) is 5.11 Å². The molecule has 0 bridgehead atoms. The van der Waals surface area contributed by atoms with Crippen LogP contribution in [-0.4, -0.2) is 47.0 Å². The molecule has 6 heteroatoms. The highest BCUT2D eigenvalue weighted by Crippen LogP contribution is 2.08. The van der Waals surface area contributed by atoms with Crippen molar-refractivity contribution in [1.29, 1.82) is 0 Å². The second-order valence-electron chi connectivity index (χ2n) is 4.49. The lowest BCUT2D eigenvalue weighted by atomic mass is 10.2. The fourth-order valence-corrected chi connectivity index (χ4v) is 1.84. The molecule has 110 valence electrons. The van der Waals surface area contributed by atoms with Crippen LogP contribution in [0.5, 0.6) is 0 Å². The normalized spacial score (nSPS) is 10.2. The zero-order valence-corrected chi connectivity index (χ0v) is 11.7. The topological polar surface area (TPSA) is 60.9 Å². The SMILES string of the molecule is CCN(CCC(=O)O)C(=O)N(C)Cc1cccc(F)c1. The first-order chi connectivity index (χ1) is 9.43. The maximum absolute atomic E-state index is 13.1. The molecule has 0 heterocycles. The summed E-state index contributed by atoms with van der Waals surface area (Å²) in [6.45, 7) is 2.66. The lowest BCUT2D eigenvalue weighted by Gasteiger charge is -2.27. The number of rotatable bonds is 6. The molecule has 1 aromatic carbocycles. The third-order valence-corrected chi connectivity index (χ3v) is 2.88. The van der Waals surface area contributed by atoms with Crippen LogP contribution in [0.25, 0.3) is 0 Å². The molecule has 2 amide bonds. The van der Waals surface area contributed by atoms with Gasteiger partial charge in [0.05, 0.1) is 6.42 Å². The number of carbonyl (C=O) groups is 2. The first kappa shape index (κ1) is 15.9. The van der Waals surface area contributed by atoms with Gasteiger partial charge in [-0.2, -0.15) is 0 Å². The molecule has 0 atom stereocenters. The largest absolute Gasteiger partial charge is 0.481 e. The molecule has 0 unspecified atom stereocenters. The first-order valence-electron chi connectivity index (χ1n) is 6.40. The summed E-state index contributed by atoms with van der Waals surface area (Å²) in [6.07, 6.45) is -0.0899. The van der Waals surface area contributed by atoms with Gasteiger partial charge in [0, 0.05) is 26.7 Å². The van der Waals surface area contributed by atoms with Crippen LogP contribution >= 0.6 is 0 Å². The van der Waals surface area contributed by atoms with Gasteiger partial charge in [-0.3, -0.25) is 4.79 Å². The number of hydrogen-bond donors (Lipinski definition) is 1.